The highest BCUT2D eigenvalue weighted by atomic mass is 32.1. The Morgan fingerprint density at radius 1 is 1.60 bits per heavy atom. The molecule has 0 bridgehead atoms. The quantitative estimate of drug-likeness (QED) is 0.737. The van der Waals surface area contributed by atoms with Crippen LogP contribution in [0.4, 0.5) is 0 Å². The molecule has 5 heteroatoms. The van der Waals surface area contributed by atoms with Gasteiger partial charge >= 0.3 is 0 Å². The molecule has 1 heterocycles. The van der Waals surface area contributed by atoms with E-state index >= 15 is 0 Å². The van der Waals surface area contributed by atoms with E-state index in [2.05, 4.69) is 22.9 Å². The molecule has 0 aliphatic rings. The van der Waals surface area contributed by atoms with Gasteiger partial charge in [-0.05, 0) is 11.3 Å². The molecule has 0 unspecified atom stereocenters. The Kier molecular flexibility index (Phi) is 4.97. The Morgan fingerprint density at radius 3 is 2.93 bits per heavy atom. The lowest BCUT2D eigenvalue weighted by molar-refractivity contribution is -0.120. The van der Waals surface area contributed by atoms with Crippen molar-refractivity contribution in [3.8, 4) is 5.88 Å². The van der Waals surface area contributed by atoms with Gasteiger partial charge in [0.1, 0.15) is 0 Å². The number of ether oxygens (including phenoxy) is 1. The summed E-state index contributed by atoms with van der Waals surface area (Å²) in [6.07, 6.45) is 2.12. The SMILES string of the molecule is COc1ccc(CNC(=O)CCS)cn1. The lowest BCUT2D eigenvalue weighted by atomic mass is 10.3. The first-order valence-electron chi connectivity index (χ1n) is 4.62. The molecule has 0 saturated heterocycles. The molecule has 0 spiro atoms. The smallest absolute Gasteiger partial charge is 0.221 e. The zero-order valence-electron chi connectivity index (χ0n) is 8.56. The van der Waals surface area contributed by atoms with Gasteiger partial charge in [-0.25, -0.2) is 4.98 Å². The molecule has 1 amide bonds. The average Bonchev–Trinajstić information content (AvgIpc) is 2.27. The molecule has 1 rings (SSSR count). The molecule has 15 heavy (non-hydrogen) atoms. The van der Waals surface area contributed by atoms with Crippen LogP contribution in [0.15, 0.2) is 18.3 Å². The number of carbonyl (C=O) groups is 1. The summed E-state index contributed by atoms with van der Waals surface area (Å²) in [6, 6.07) is 3.63. The average molecular weight is 226 g/mol. The van der Waals surface area contributed by atoms with Gasteiger partial charge in [0.15, 0.2) is 0 Å². The van der Waals surface area contributed by atoms with Crippen molar-refractivity contribution in [1.82, 2.24) is 10.3 Å². The number of rotatable bonds is 5. The zero-order valence-corrected chi connectivity index (χ0v) is 9.46. The first-order chi connectivity index (χ1) is 7.26. The van der Waals surface area contributed by atoms with Crippen LogP contribution < -0.4 is 10.1 Å². The number of carbonyl (C=O) groups excluding carboxylic acids is 1. The van der Waals surface area contributed by atoms with Gasteiger partial charge in [-0.2, -0.15) is 12.6 Å². The minimum atomic E-state index is 0.000757. The fourth-order valence-electron chi connectivity index (χ4n) is 1.03. The molecule has 1 N–H and O–H groups in total. The molecule has 0 radical (unpaired) electrons. The third kappa shape index (κ3) is 4.20. The van der Waals surface area contributed by atoms with Gasteiger partial charge in [-0.1, -0.05) is 6.07 Å². The van der Waals surface area contributed by atoms with Crippen molar-refractivity contribution >= 4 is 18.5 Å². The predicted molar refractivity (Wildman–Crippen MR) is 61.1 cm³/mol. The summed E-state index contributed by atoms with van der Waals surface area (Å²) in [5.41, 5.74) is 0.948. The zero-order chi connectivity index (χ0) is 11.1. The maximum absolute atomic E-state index is 11.1. The van der Waals surface area contributed by atoms with Crippen molar-refractivity contribution in [2.24, 2.45) is 0 Å². The number of hydrogen-bond acceptors (Lipinski definition) is 4. The van der Waals surface area contributed by atoms with Crippen molar-refractivity contribution in [2.45, 2.75) is 13.0 Å². The Hall–Kier alpha value is -1.23. The second-order valence-corrected chi connectivity index (χ2v) is 3.41. The first kappa shape index (κ1) is 11.8. The summed E-state index contributed by atoms with van der Waals surface area (Å²) in [7, 11) is 1.57. The van der Waals surface area contributed by atoms with E-state index < -0.39 is 0 Å². The van der Waals surface area contributed by atoms with E-state index in [1.807, 2.05) is 6.07 Å². The maximum Gasteiger partial charge on any atom is 0.221 e. The highest BCUT2D eigenvalue weighted by molar-refractivity contribution is 7.80. The van der Waals surface area contributed by atoms with Crippen LogP contribution in [-0.2, 0) is 11.3 Å². The van der Waals surface area contributed by atoms with Crippen molar-refractivity contribution in [3.63, 3.8) is 0 Å². The van der Waals surface area contributed by atoms with Gasteiger partial charge in [-0.15, -0.1) is 0 Å². The number of amides is 1. The normalized spacial score (nSPS) is 9.73. The topological polar surface area (TPSA) is 51.2 Å². The van der Waals surface area contributed by atoms with E-state index in [1.165, 1.54) is 0 Å². The summed E-state index contributed by atoms with van der Waals surface area (Å²) in [5.74, 6) is 1.13. The second-order valence-electron chi connectivity index (χ2n) is 2.96. The summed E-state index contributed by atoms with van der Waals surface area (Å²) >= 11 is 3.98. The molecular formula is C10H14N2O2S. The standard InChI is InChI=1S/C10H14N2O2S/c1-14-10-3-2-8(7-12-10)6-11-9(13)4-5-15/h2-3,7,15H,4-6H2,1H3,(H,11,13). The van der Waals surface area contributed by atoms with E-state index in [0.717, 1.165) is 5.56 Å². The van der Waals surface area contributed by atoms with Crippen LogP contribution >= 0.6 is 12.6 Å². The van der Waals surface area contributed by atoms with Crippen LogP contribution in [0, 0.1) is 0 Å². The van der Waals surface area contributed by atoms with Crippen molar-refractivity contribution in [3.05, 3.63) is 23.9 Å². The van der Waals surface area contributed by atoms with Crippen LogP contribution in [0.5, 0.6) is 5.88 Å². The molecule has 4 nitrogen and oxygen atoms in total. The number of nitrogens with zero attached hydrogens (tertiary/aromatic N) is 1. The number of pyridine rings is 1. The molecular weight excluding hydrogens is 212 g/mol. The van der Waals surface area contributed by atoms with Crippen LogP contribution in [0.2, 0.25) is 0 Å². The molecule has 0 aliphatic heterocycles. The summed E-state index contributed by atoms with van der Waals surface area (Å²) in [5, 5.41) is 2.77. The Labute approximate surface area is 94.5 Å². The van der Waals surface area contributed by atoms with Crippen molar-refractivity contribution in [2.75, 3.05) is 12.9 Å². The van der Waals surface area contributed by atoms with Gasteiger partial charge in [0, 0.05) is 25.2 Å². The Bertz CT molecular complexity index is 314. The summed E-state index contributed by atoms with van der Waals surface area (Å²) < 4.78 is 4.92. The number of thiol groups is 1. The molecule has 0 atom stereocenters. The van der Waals surface area contributed by atoms with Crippen LogP contribution in [0.1, 0.15) is 12.0 Å². The fourth-order valence-corrected chi connectivity index (χ4v) is 1.23. The highest BCUT2D eigenvalue weighted by Gasteiger charge is 2.00. The third-order valence-electron chi connectivity index (χ3n) is 1.84. The van der Waals surface area contributed by atoms with Gasteiger partial charge < -0.3 is 10.1 Å². The minimum Gasteiger partial charge on any atom is -0.481 e. The third-order valence-corrected chi connectivity index (χ3v) is 2.06. The molecule has 0 fully saturated rings. The number of nitrogens with one attached hydrogen (secondary N) is 1. The summed E-state index contributed by atoms with van der Waals surface area (Å²) in [4.78, 5) is 15.2. The molecule has 0 aromatic carbocycles. The van der Waals surface area contributed by atoms with Crippen LogP contribution in [-0.4, -0.2) is 23.8 Å². The molecule has 0 aliphatic carbocycles. The largest absolute Gasteiger partial charge is 0.481 e. The van der Waals surface area contributed by atoms with E-state index in [-0.39, 0.29) is 5.91 Å². The van der Waals surface area contributed by atoms with E-state index in [4.69, 9.17) is 4.74 Å². The van der Waals surface area contributed by atoms with Crippen LogP contribution in [0.25, 0.3) is 0 Å². The molecule has 1 aromatic rings. The maximum atomic E-state index is 11.1. The van der Waals surface area contributed by atoms with Crippen molar-refractivity contribution in [1.29, 1.82) is 0 Å². The number of hydrogen-bond donors (Lipinski definition) is 2. The minimum absolute atomic E-state index is 0.000757. The molecule has 82 valence electrons. The number of aromatic nitrogens is 1. The van der Waals surface area contributed by atoms with Crippen molar-refractivity contribution < 1.29 is 9.53 Å². The Balaban J connectivity index is 2.40. The van der Waals surface area contributed by atoms with E-state index in [0.29, 0.717) is 24.6 Å². The second kappa shape index (κ2) is 6.29. The predicted octanol–water partition coefficient (Wildman–Crippen LogP) is 1.03. The van der Waals surface area contributed by atoms with E-state index in [1.54, 1.807) is 19.4 Å². The molecule has 0 saturated carbocycles. The Morgan fingerprint density at radius 2 is 2.40 bits per heavy atom. The van der Waals surface area contributed by atoms with Gasteiger partial charge in [0.05, 0.1) is 7.11 Å². The first-order valence-corrected chi connectivity index (χ1v) is 5.26. The van der Waals surface area contributed by atoms with Gasteiger partial charge in [0.2, 0.25) is 11.8 Å². The number of methoxy groups -OCH3 is 1. The van der Waals surface area contributed by atoms with Gasteiger partial charge in [-0.3, -0.25) is 4.79 Å². The van der Waals surface area contributed by atoms with Crippen LogP contribution in [0.3, 0.4) is 0 Å². The highest BCUT2D eigenvalue weighted by Crippen LogP contribution is 2.06. The lowest BCUT2D eigenvalue weighted by Gasteiger charge is -2.04. The van der Waals surface area contributed by atoms with E-state index in [9.17, 15) is 4.79 Å². The fraction of sp³-hybridized carbons (Fsp3) is 0.400. The molecule has 1 aromatic heterocycles. The van der Waals surface area contributed by atoms with Gasteiger partial charge in [0.25, 0.3) is 0 Å². The summed E-state index contributed by atoms with van der Waals surface area (Å²) in [6.45, 7) is 0.490. The lowest BCUT2D eigenvalue weighted by Crippen LogP contribution is -2.22. The monoisotopic (exact) mass is 226 g/mol.